The largest absolute Gasteiger partial charge is 0.345 e. The molecule has 2 aromatic rings. The number of hydrogen-bond acceptors (Lipinski definition) is 4. The van der Waals surface area contributed by atoms with Gasteiger partial charge in [-0.15, -0.1) is 11.3 Å². The molecule has 3 amide bonds. The van der Waals surface area contributed by atoms with Crippen molar-refractivity contribution in [1.29, 1.82) is 0 Å². The van der Waals surface area contributed by atoms with Gasteiger partial charge in [0, 0.05) is 42.3 Å². The van der Waals surface area contributed by atoms with Crippen molar-refractivity contribution >= 4 is 39.1 Å². The molecule has 0 bridgehead atoms. The van der Waals surface area contributed by atoms with Gasteiger partial charge in [0.2, 0.25) is 0 Å². The van der Waals surface area contributed by atoms with Crippen LogP contribution in [0, 0.1) is 12.7 Å². The van der Waals surface area contributed by atoms with Gasteiger partial charge in [-0.3, -0.25) is 14.4 Å². The Bertz CT molecular complexity index is 930. The summed E-state index contributed by atoms with van der Waals surface area (Å²) in [5.41, 5.74) is 0.653. The lowest BCUT2D eigenvalue weighted by molar-refractivity contribution is -0.146. The second-order valence-electron chi connectivity index (χ2n) is 7.00. The zero-order valence-electron chi connectivity index (χ0n) is 15.0. The second kappa shape index (κ2) is 6.92. The zero-order chi connectivity index (χ0) is 19.1. The molecule has 2 aliphatic rings. The van der Waals surface area contributed by atoms with Crippen LogP contribution >= 0.6 is 11.3 Å². The van der Waals surface area contributed by atoms with Crippen LogP contribution in [0.5, 0.6) is 0 Å². The van der Waals surface area contributed by atoms with Crippen molar-refractivity contribution in [3.63, 3.8) is 0 Å². The molecule has 1 aliphatic heterocycles. The molecule has 1 N–H and O–H groups in total. The number of fused-ring (bicyclic) bond motifs is 1. The smallest absolute Gasteiger partial charge is 0.312 e. The predicted octanol–water partition coefficient (Wildman–Crippen LogP) is 1.91. The van der Waals surface area contributed by atoms with Gasteiger partial charge in [0.05, 0.1) is 4.88 Å². The minimum absolute atomic E-state index is 0.139. The number of benzene rings is 1. The summed E-state index contributed by atoms with van der Waals surface area (Å²) in [5.74, 6) is -1.57. The third kappa shape index (κ3) is 3.41. The Morgan fingerprint density at radius 3 is 2.41 bits per heavy atom. The highest BCUT2D eigenvalue weighted by Crippen LogP contribution is 2.33. The number of nitrogens with zero attached hydrogens (tertiary/aromatic N) is 2. The lowest BCUT2D eigenvalue weighted by Crippen LogP contribution is -2.54. The van der Waals surface area contributed by atoms with Crippen LogP contribution in [0.25, 0.3) is 10.1 Å². The maximum Gasteiger partial charge on any atom is 0.312 e. The molecular formula is C19H20FN3O3S. The fourth-order valence-electron chi connectivity index (χ4n) is 3.33. The Balaban J connectivity index is 1.43. The van der Waals surface area contributed by atoms with Crippen molar-refractivity contribution in [3.8, 4) is 0 Å². The number of carbonyl (C=O) groups is 3. The molecule has 142 valence electrons. The van der Waals surface area contributed by atoms with Gasteiger partial charge in [-0.25, -0.2) is 4.39 Å². The van der Waals surface area contributed by atoms with Gasteiger partial charge in [-0.2, -0.15) is 0 Å². The highest BCUT2D eigenvalue weighted by atomic mass is 32.1. The molecule has 8 heteroatoms. The van der Waals surface area contributed by atoms with Gasteiger partial charge in [-0.1, -0.05) is 6.07 Å². The average molecular weight is 389 g/mol. The summed E-state index contributed by atoms with van der Waals surface area (Å²) in [5, 5.41) is 3.19. The summed E-state index contributed by atoms with van der Waals surface area (Å²) in [4.78, 5) is 40.7. The van der Waals surface area contributed by atoms with Crippen LogP contribution < -0.4 is 5.32 Å². The molecule has 0 atom stereocenters. The molecule has 6 nitrogen and oxygen atoms in total. The Kier molecular flexibility index (Phi) is 4.59. The molecule has 0 radical (unpaired) electrons. The third-order valence-corrected chi connectivity index (χ3v) is 6.30. The number of amides is 3. The van der Waals surface area contributed by atoms with E-state index in [2.05, 4.69) is 5.32 Å². The van der Waals surface area contributed by atoms with Crippen molar-refractivity contribution in [1.82, 2.24) is 15.1 Å². The lowest BCUT2D eigenvalue weighted by Gasteiger charge is -2.34. The van der Waals surface area contributed by atoms with Crippen molar-refractivity contribution in [3.05, 3.63) is 34.5 Å². The maximum absolute atomic E-state index is 14.1. The molecule has 1 saturated heterocycles. The summed E-state index contributed by atoms with van der Waals surface area (Å²) in [6, 6.07) is 4.98. The first-order valence-electron chi connectivity index (χ1n) is 9.02. The highest BCUT2D eigenvalue weighted by molar-refractivity contribution is 7.21. The molecule has 27 heavy (non-hydrogen) atoms. The van der Waals surface area contributed by atoms with Crippen LogP contribution in [0.3, 0.4) is 0 Å². The molecular weight excluding hydrogens is 369 g/mol. The van der Waals surface area contributed by atoms with Crippen molar-refractivity contribution in [2.75, 3.05) is 26.2 Å². The first-order chi connectivity index (χ1) is 13.0. The first-order valence-corrected chi connectivity index (χ1v) is 9.84. The molecule has 2 fully saturated rings. The minimum Gasteiger partial charge on any atom is -0.345 e. The number of carbonyl (C=O) groups excluding carboxylic acids is 3. The Hall–Kier alpha value is -2.48. The van der Waals surface area contributed by atoms with E-state index in [0.29, 0.717) is 42.0 Å². The van der Waals surface area contributed by atoms with E-state index in [1.807, 2.05) is 6.07 Å². The van der Waals surface area contributed by atoms with Crippen molar-refractivity contribution in [2.45, 2.75) is 25.8 Å². The maximum atomic E-state index is 14.1. The molecule has 4 rings (SSSR count). The van der Waals surface area contributed by atoms with E-state index in [0.717, 1.165) is 17.5 Å². The average Bonchev–Trinajstić information content (AvgIpc) is 3.42. The summed E-state index contributed by atoms with van der Waals surface area (Å²) >= 11 is 1.29. The van der Waals surface area contributed by atoms with Gasteiger partial charge < -0.3 is 15.1 Å². The molecule has 1 aromatic heterocycles. The number of rotatable bonds is 2. The Morgan fingerprint density at radius 1 is 1.11 bits per heavy atom. The van der Waals surface area contributed by atoms with Crippen LogP contribution in [-0.4, -0.2) is 59.7 Å². The number of piperazine rings is 1. The summed E-state index contributed by atoms with van der Waals surface area (Å²) < 4.78 is 14.8. The van der Waals surface area contributed by atoms with Gasteiger partial charge in [-0.05, 0) is 37.5 Å². The Labute approximate surface area is 159 Å². The van der Waals surface area contributed by atoms with E-state index in [4.69, 9.17) is 0 Å². The fraction of sp³-hybridized carbons (Fsp3) is 0.421. The standard InChI is InChI=1S/C19H20FN3O3S/c1-11-15-13(20)3-2-4-14(15)27-16(11)18(25)22-7-9-23(10-8-22)19(26)17(24)21-12-5-6-12/h2-4,12H,5-10H2,1H3,(H,21,24). The molecule has 0 spiro atoms. The predicted molar refractivity (Wildman–Crippen MR) is 100 cm³/mol. The highest BCUT2D eigenvalue weighted by Gasteiger charge is 2.32. The van der Waals surface area contributed by atoms with E-state index in [9.17, 15) is 18.8 Å². The van der Waals surface area contributed by atoms with Gasteiger partial charge in [0.25, 0.3) is 5.91 Å². The Morgan fingerprint density at radius 2 is 1.78 bits per heavy atom. The number of nitrogens with one attached hydrogen (secondary N) is 1. The van der Waals surface area contributed by atoms with E-state index in [1.54, 1.807) is 17.9 Å². The van der Waals surface area contributed by atoms with Crippen LogP contribution in [0.4, 0.5) is 4.39 Å². The molecule has 0 unspecified atom stereocenters. The SMILES string of the molecule is Cc1c(C(=O)N2CCN(C(=O)C(=O)NC3CC3)CC2)sc2cccc(F)c12. The van der Waals surface area contributed by atoms with E-state index in [1.165, 1.54) is 22.3 Å². The number of thiophene rings is 1. The fourth-order valence-corrected chi connectivity index (χ4v) is 4.52. The normalized spacial score (nSPS) is 17.3. The molecule has 1 aliphatic carbocycles. The third-order valence-electron chi connectivity index (χ3n) is 5.06. The zero-order valence-corrected chi connectivity index (χ0v) is 15.8. The van der Waals surface area contributed by atoms with Gasteiger partial charge in [0.15, 0.2) is 0 Å². The monoisotopic (exact) mass is 389 g/mol. The minimum atomic E-state index is -0.562. The summed E-state index contributed by atoms with van der Waals surface area (Å²) in [6.45, 7) is 3.12. The summed E-state index contributed by atoms with van der Waals surface area (Å²) in [6.07, 6.45) is 1.85. The van der Waals surface area contributed by atoms with Crippen LogP contribution in [-0.2, 0) is 9.59 Å². The molecule has 1 aromatic carbocycles. The van der Waals surface area contributed by atoms with Crippen LogP contribution in [0.2, 0.25) is 0 Å². The summed E-state index contributed by atoms with van der Waals surface area (Å²) in [7, 11) is 0. The molecule has 2 heterocycles. The number of aryl methyl sites for hydroxylation is 1. The topological polar surface area (TPSA) is 69.7 Å². The first kappa shape index (κ1) is 17.9. The van der Waals surface area contributed by atoms with Crippen LogP contribution in [0.15, 0.2) is 18.2 Å². The number of halogens is 1. The van der Waals surface area contributed by atoms with Crippen molar-refractivity contribution < 1.29 is 18.8 Å². The second-order valence-corrected chi connectivity index (χ2v) is 8.05. The van der Waals surface area contributed by atoms with Gasteiger partial charge in [0.1, 0.15) is 5.82 Å². The molecule has 1 saturated carbocycles. The van der Waals surface area contributed by atoms with Crippen LogP contribution in [0.1, 0.15) is 28.1 Å². The quantitative estimate of drug-likeness (QED) is 0.798. The lowest BCUT2D eigenvalue weighted by atomic mass is 10.1. The van der Waals surface area contributed by atoms with E-state index in [-0.39, 0.29) is 17.8 Å². The van der Waals surface area contributed by atoms with E-state index < -0.39 is 11.8 Å². The van der Waals surface area contributed by atoms with E-state index >= 15 is 0 Å². The number of hydrogen-bond donors (Lipinski definition) is 1. The van der Waals surface area contributed by atoms with Crippen molar-refractivity contribution in [2.24, 2.45) is 0 Å². The van der Waals surface area contributed by atoms with Gasteiger partial charge >= 0.3 is 11.8 Å².